The van der Waals surface area contributed by atoms with Gasteiger partial charge in [0, 0.05) is 35.6 Å². The van der Waals surface area contributed by atoms with Gasteiger partial charge >= 0.3 is 0 Å². The summed E-state index contributed by atoms with van der Waals surface area (Å²) in [5.74, 6) is 0.392. The summed E-state index contributed by atoms with van der Waals surface area (Å²) in [5.41, 5.74) is 4.91. The molecular formula is C26H27FN7+. The molecule has 172 valence electrons. The second-order valence-corrected chi connectivity index (χ2v) is 8.11. The average molecular weight is 457 g/mol. The third kappa shape index (κ3) is 5.67. The van der Waals surface area contributed by atoms with Crippen LogP contribution in [0.3, 0.4) is 0 Å². The van der Waals surface area contributed by atoms with E-state index in [1.54, 1.807) is 18.3 Å². The minimum atomic E-state index is -0.280. The molecule has 0 spiro atoms. The number of rotatable bonds is 9. The van der Waals surface area contributed by atoms with E-state index in [4.69, 9.17) is 5.41 Å². The summed E-state index contributed by atoms with van der Waals surface area (Å²) in [4.78, 5) is 15.4. The summed E-state index contributed by atoms with van der Waals surface area (Å²) in [6.45, 7) is 1.87. The fourth-order valence-corrected chi connectivity index (χ4v) is 3.53. The van der Waals surface area contributed by atoms with Crippen molar-refractivity contribution >= 4 is 34.2 Å². The van der Waals surface area contributed by atoms with Gasteiger partial charge in [0.15, 0.2) is 0 Å². The molecule has 4 rings (SSSR count). The third-order valence-electron chi connectivity index (χ3n) is 5.33. The second kappa shape index (κ2) is 10.7. The lowest BCUT2D eigenvalue weighted by atomic mass is 10.1. The van der Waals surface area contributed by atoms with E-state index in [1.165, 1.54) is 24.7 Å². The predicted molar refractivity (Wildman–Crippen MR) is 135 cm³/mol. The minimum absolute atomic E-state index is 0.280. The predicted octanol–water partition coefficient (Wildman–Crippen LogP) is 3.69. The summed E-state index contributed by atoms with van der Waals surface area (Å²) in [7, 11) is 4.08. The van der Waals surface area contributed by atoms with Gasteiger partial charge in [-0.3, -0.25) is 4.98 Å². The number of pyridine rings is 1. The summed E-state index contributed by atoms with van der Waals surface area (Å²) in [6.07, 6.45) is 6.57. The second-order valence-electron chi connectivity index (χ2n) is 8.11. The largest absolute Gasteiger partial charge is 0.340 e. The van der Waals surface area contributed by atoms with Gasteiger partial charge in [0.25, 0.3) is 0 Å². The van der Waals surface area contributed by atoms with Crippen LogP contribution in [0.2, 0.25) is 0 Å². The Hall–Kier alpha value is -4.01. The maximum absolute atomic E-state index is 13.3. The first kappa shape index (κ1) is 23.2. The molecular weight excluding hydrogens is 429 g/mol. The Balaban J connectivity index is 1.57. The van der Waals surface area contributed by atoms with Crippen molar-refractivity contribution in [3.05, 3.63) is 84.7 Å². The van der Waals surface area contributed by atoms with Crippen LogP contribution >= 0.6 is 0 Å². The maximum atomic E-state index is 13.3. The Labute approximate surface area is 197 Å². The number of likely N-dealkylation sites (N-methyl/N-ethyl adjacent to an activating group) is 1. The number of hydrogen-bond acceptors (Lipinski definition) is 6. The molecule has 8 heteroatoms. The van der Waals surface area contributed by atoms with Crippen LogP contribution in [0.1, 0.15) is 5.56 Å². The van der Waals surface area contributed by atoms with E-state index in [-0.39, 0.29) is 5.82 Å². The lowest BCUT2D eigenvalue weighted by Gasteiger charge is -2.11. The van der Waals surface area contributed by atoms with Crippen molar-refractivity contribution in [2.45, 2.75) is 0 Å². The number of benzene rings is 2. The highest BCUT2D eigenvalue weighted by Gasteiger charge is 2.09. The highest BCUT2D eigenvalue weighted by molar-refractivity contribution is 6.09. The van der Waals surface area contributed by atoms with Crippen LogP contribution in [0.5, 0.6) is 0 Å². The summed E-state index contributed by atoms with van der Waals surface area (Å²) in [6, 6.07) is 15.9. The van der Waals surface area contributed by atoms with Crippen molar-refractivity contribution in [2.75, 3.05) is 32.5 Å². The molecule has 0 unspecified atom stereocenters. The molecule has 0 aliphatic carbocycles. The van der Waals surface area contributed by atoms with Gasteiger partial charge in [0.1, 0.15) is 24.2 Å². The molecule has 0 saturated heterocycles. The number of aromatic nitrogens is 3. The van der Waals surface area contributed by atoms with Gasteiger partial charge in [0.2, 0.25) is 0 Å². The van der Waals surface area contributed by atoms with Crippen molar-refractivity contribution in [2.24, 2.45) is 0 Å². The zero-order valence-corrected chi connectivity index (χ0v) is 19.2. The standard InChI is InChI=1S/C26H26FN7/c1-34(2)12-11-29-16-20(15-28)19-5-8-23-25(13-19)31-17-32-26(23)33-22-9-10-30-24(14-22)18-3-6-21(27)7-4-18/h3-10,13-17,28-29H,11-12H2,1-2H3,(H,30,31,32,33)/p+1/b20-16+,28-15?. The van der Waals surface area contributed by atoms with E-state index in [1.807, 2.05) is 50.6 Å². The molecule has 4 N–H and O–H groups in total. The van der Waals surface area contributed by atoms with Crippen LogP contribution < -0.4 is 10.6 Å². The van der Waals surface area contributed by atoms with Crippen LogP contribution in [-0.4, -0.2) is 53.3 Å². The molecule has 4 aromatic rings. The summed E-state index contributed by atoms with van der Waals surface area (Å²) in [5, 5.41) is 14.1. The summed E-state index contributed by atoms with van der Waals surface area (Å²) >= 11 is 0. The molecule has 2 heterocycles. The summed E-state index contributed by atoms with van der Waals surface area (Å²) < 4.78 is 13.3. The van der Waals surface area contributed by atoms with Gasteiger partial charge in [-0.1, -0.05) is 6.07 Å². The highest BCUT2D eigenvalue weighted by atomic mass is 19.1. The number of nitrogens with two attached hydrogens (primary N) is 1. The number of hydrogen-bond donors (Lipinski definition) is 3. The fourth-order valence-electron chi connectivity index (χ4n) is 3.53. The molecule has 34 heavy (non-hydrogen) atoms. The van der Waals surface area contributed by atoms with Gasteiger partial charge in [-0.2, -0.15) is 0 Å². The molecule has 0 aliphatic rings. The molecule has 0 atom stereocenters. The van der Waals surface area contributed by atoms with E-state index in [2.05, 4.69) is 30.5 Å². The Morgan fingerprint density at radius 2 is 1.88 bits per heavy atom. The number of allylic oxidation sites excluding steroid dienone is 1. The van der Waals surface area contributed by atoms with Crippen molar-refractivity contribution in [3.63, 3.8) is 0 Å². The van der Waals surface area contributed by atoms with Crippen LogP contribution in [0.15, 0.2) is 73.3 Å². The van der Waals surface area contributed by atoms with Gasteiger partial charge in [-0.15, -0.1) is 0 Å². The normalized spacial score (nSPS) is 11.7. The number of halogens is 1. The van der Waals surface area contributed by atoms with E-state index in [0.717, 1.165) is 52.1 Å². The first-order chi connectivity index (χ1) is 16.5. The minimum Gasteiger partial charge on any atom is -0.340 e. The lowest BCUT2D eigenvalue weighted by Crippen LogP contribution is -2.79. The van der Waals surface area contributed by atoms with Crippen molar-refractivity contribution in [3.8, 4) is 11.3 Å². The molecule has 0 aliphatic heterocycles. The molecule has 0 saturated carbocycles. The number of anilines is 2. The maximum Gasteiger partial charge on any atom is 0.141 e. The van der Waals surface area contributed by atoms with Crippen LogP contribution in [-0.2, 0) is 0 Å². The van der Waals surface area contributed by atoms with Gasteiger partial charge in [0.05, 0.1) is 23.3 Å². The number of nitrogens with zero attached hydrogens (tertiary/aromatic N) is 4. The number of quaternary nitrogens is 1. The number of fused-ring (bicyclic) bond motifs is 1. The van der Waals surface area contributed by atoms with E-state index in [0.29, 0.717) is 5.82 Å². The number of nitrogens with one attached hydrogen (secondary N) is 2. The molecule has 2 aromatic heterocycles. The van der Waals surface area contributed by atoms with Crippen LogP contribution in [0.4, 0.5) is 15.9 Å². The molecule has 0 radical (unpaired) electrons. The molecule has 0 amide bonds. The van der Waals surface area contributed by atoms with Gasteiger partial charge in [-0.05, 0) is 68.2 Å². The van der Waals surface area contributed by atoms with Crippen molar-refractivity contribution in [1.82, 2.24) is 19.9 Å². The Morgan fingerprint density at radius 3 is 2.65 bits per heavy atom. The smallest absolute Gasteiger partial charge is 0.141 e. The van der Waals surface area contributed by atoms with E-state index >= 15 is 0 Å². The Kier molecular flexibility index (Phi) is 7.31. The first-order valence-corrected chi connectivity index (χ1v) is 11.0. The zero-order chi connectivity index (χ0) is 23.9. The van der Waals surface area contributed by atoms with Crippen LogP contribution in [0, 0.1) is 11.2 Å². The van der Waals surface area contributed by atoms with E-state index < -0.39 is 0 Å². The fraction of sp³-hybridized carbons (Fsp3) is 0.154. The third-order valence-corrected chi connectivity index (χ3v) is 5.33. The SMILES string of the molecule is CN(C)CC[NH2+]/C=C(\C=N)c1ccc2c(Nc3ccnc(-c4ccc(F)cc4)c3)ncnc2c1. The van der Waals surface area contributed by atoms with Crippen molar-refractivity contribution < 1.29 is 9.71 Å². The zero-order valence-electron chi connectivity index (χ0n) is 19.2. The molecule has 0 bridgehead atoms. The molecule has 7 nitrogen and oxygen atoms in total. The quantitative estimate of drug-likeness (QED) is 0.264. The topological polar surface area (TPSA) is 94.4 Å². The van der Waals surface area contributed by atoms with E-state index in [9.17, 15) is 4.39 Å². The van der Waals surface area contributed by atoms with Crippen LogP contribution in [0.25, 0.3) is 27.7 Å². The molecule has 0 fully saturated rings. The van der Waals surface area contributed by atoms with Crippen molar-refractivity contribution in [1.29, 1.82) is 5.41 Å². The first-order valence-electron chi connectivity index (χ1n) is 11.0. The highest BCUT2D eigenvalue weighted by Crippen LogP contribution is 2.27. The Bertz CT molecular complexity index is 1320. The Morgan fingerprint density at radius 1 is 1.06 bits per heavy atom. The lowest BCUT2D eigenvalue weighted by molar-refractivity contribution is -0.586. The van der Waals surface area contributed by atoms with Gasteiger partial charge < -0.3 is 20.9 Å². The molecule has 2 aromatic carbocycles. The monoisotopic (exact) mass is 456 g/mol. The van der Waals surface area contributed by atoms with Gasteiger partial charge in [-0.25, -0.2) is 14.4 Å². The average Bonchev–Trinajstić information content (AvgIpc) is 2.84.